The largest absolute Gasteiger partial charge is 0.350 e. The van der Waals surface area contributed by atoms with Crippen molar-refractivity contribution in [1.29, 1.82) is 0 Å². The minimum absolute atomic E-state index is 0.0392. The van der Waals surface area contributed by atoms with E-state index < -0.39 is 0 Å². The maximum atomic E-state index is 5.45. The summed E-state index contributed by atoms with van der Waals surface area (Å²) in [6.45, 7) is 3.58. The first-order valence-corrected chi connectivity index (χ1v) is 6.13. The fourth-order valence-corrected chi connectivity index (χ4v) is 2.56. The first kappa shape index (κ1) is 11.1. The van der Waals surface area contributed by atoms with Gasteiger partial charge in [0.25, 0.3) is 0 Å². The van der Waals surface area contributed by atoms with Crippen LogP contribution in [0.2, 0.25) is 0 Å². The molecule has 0 saturated carbocycles. The third-order valence-electron chi connectivity index (χ3n) is 2.62. The SMILES string of the molecule is CNC(CC1OCCO1)c1csc(C)c1. The maximum absolute atomic E-state index is 5.45. The molecule has 1 aromatic rings. The Morgan fingerprint density at radius 3 is 2.80 bits per heavy atom. The van der Waals surface area contributed by atoms with Gasteiger partial charge in [0, 0.05) is 17.3 Å². The molecule has 0 bridgehead atoms. The van der Waals surface area contributed by atoms with Gasteiger partial charge in [-0.3, -0.25) is 0 Å². The van der Waals surface area contributed by atoms with Crippen LogP contribution in [0.5, 0.6) is 0 Å². The quantitative estimate of drug-likeness (QED) is 0.854. The zero-order valence-electron chi connectivity index (χ0n) is 9.16. The molecule has 2 heterocycles. The van der Waals surface area contributed by atoms with Crippen LogP contribution < -0.4 is 5.32 Å². The molecule has 1 fully saturated rings. The molecule has 0 aromatic carbocycles. The lowest BCUT2D eigenvalue weighted by atomic mass is 10.1. The highest BCUT2D eigenvalue weighted by Gasteiger charge is 2.21. The van der Waals surface area contributed by atoms with E-state index in [1.54, 1.807) is 11.3 Å². The highest BCUT2D eigenvalue weighted by molar-refractivity contribution is 7.10. The van der Waals surface area contributed by atoms with Crippen LogP contribution in [0.25, 0.3) is 0 Å². The molecule has 15 heavy (non-hydrogen) atoms. The molecule has 1 saturated heterocycles. The van der Waals surface area contributed by atoms with Crippen LogP contribution in [-0.4, -0.2) is 26.6 Å². The summed E-state index contributed by atoms with van der Waals surface area (Å²) >= 11 is 1.78. The predicted molar refractivity (Wildman–Crippen MR) is 61.2 cm³/mol. The van der Waals surface area contributed by atoms with Gasteiger partial charge in [0.05, 0.1) is 13.2 Å². The molecular formula is C11H17NO2S. The summed E-state index contributed by atoms with van der Waals surface area (Å²) in [5, 5.41) is 5.51. The molecule has 0 spiro atoms. The monoisotopic (exact) mass is 227 g/mol. The van der Waals surface area contributed by atoms with E-state index >= 15 is 0 Å². The average Bonchev–Trinajstić information content (AvgIpc) is 2.85. The van der Waals surface area contributed by atoms with Gasteiger partial charge in [-0.05, 0) is 31.0 Å². The topological polar surface area (TPSA) is 30.5 Å². The number of rotatable bonds is 4. The third-order valence-corrected chi connectivity index (χ3v) is 3.50. The van der Waals surface area contributed by atoms with Crippen molar-refractivity contribution in [2.24, 2.45) is 0 Å². The van der Waals surface area contributed by atoms with Crippen molar-refractivity contribution in [2.75, 3.05) is 20.3 Å². The van der Waals surface area contributed by atoms with Gasteiger partial charge >= 0.3 is 0 Å². The maximum Gasteiger partial charge on any atom is 0.159 e. The van der Waals surface area contributed by atoms with E-state index in [4.69, 9.17) is 9.47 Å². The second kappa shape index (κ2) is 5.07. The highest BCUT2D eigenvalue weighted by Crippen LogP contribution is 2.25. The molecule has 84 valence electrons. The molecule has 2 rings (SSSR count). The van der Waals surface area contributed by atoms with Crippen LogP contribution >= 0.6 is 11.3 Å². The van der Waals surface area contributed by atoms with Crippen LogP contribution in [0, 0.1) is 6.92 Å². The highest BCUT2D eigenvalue weighted by atomic mass is 32.1. The summed E-state index contributed by atoms with van der Waals surface area (Å²) in [6.07, 6.45) is 0.842. The molecule has 1 unspecified atom stereocenters. The fraction of sp³-hybridized carbons (Fsp3) is 0.636. The average molecular weight is 227 g/mol. The van der Waals surface area contributed by atoms with Gasteiger partial charge in [0.1, 0.15) is 0 Å². The number of thiophene rings is 1. The Labute approximate surface area is 94.4 Å². The van der Waals surface area contributed by atoms with Gasteiger partial charge < -0.3 is 14.8 Å². The van der Waals surface area contributed by atoms with Crippen LogP contribution in [0.15, 0.2) is 11.4 Å². The minimum atomic E-state index is -0.0392. The van der Waals surface area contributed by atoms with Gasteiger partial charge in [0.2, 0.25) is 0 Å². The summed E-state index contributed by atoms with van der Waals surface area (Å²) < 4.78 is 10.9. The molecule has 1 aromatic heterocycles. The van der Waals surface area contributed by atoms with E-state index in [0.717, 1.165) is 19.6 Å². The van der Waals surface area contributed by atoms with Crippen LogP contribution in [0.1, 0.15) is 22.9 Å². The summed E-state index contributed by atoms with van der Waals surface area (Å²) in [5.74, 6) is 0. The Hall–Kier alpha value is -0.420. The molecule has 1 atom stereocenters. The van der Waals surface area contributed by atoms with Gasteiger partial charge in [-0.2, -0.15) is 0 Å². The van der Waals surface area contributed by atoms with Crippen molar-refractivity contribution in [3.05, 3.63) is 21.9 Å². The lowest BCUT2D eigenvalue weighted by Crippen LogP contribution is -2.22. The van der Waals surface area contributed by atoms with Crippen molar-refractivity contribution in [3.8, 4) is 0 Å². The lowest BCUT2D eigenvalue weighted by molar-refractivity contribution is -0.0525. The van der Waals surface area contributed by atoms with E-state index in [1.165, 1.54) is 10.4 Å². The van der Waals surface area contributed by atoms with Crippen molar-refractivity contribution < 1.29 is 9.47 Å². The summed E-state index contributed by atoms with van der Waals surface area (Å²) in [6, 6.07) is 2.55. The molecule has 1 aliphatic rings. The van der Waals surface area contributed by atoms with Crippen molar-refractivity contribution >= 4 is 11.3 Å². The van der Waals surface area contributed by atoms with Crippen molar-refractivity contribution in [2.45, 2.75) is 25.7 Å². The normalized spacial score (nSPS) is 19.6. The number of aryl methyl sites for hydroxylation is 1. The molecule has 0 amide bonds. The summed E-state index contributed by atoms with van der Waals surface area (Å²) in [5.41, 5.74) is 1.33. The summed E-state index contributed by atoms with van der Waals surface area (Å²) in [4.78, 5) is 1.35. The molecule has 0 aliphatic carbocycles. The van der Waals surface area contributed by atoms with E-state index in [-0.39, 0.29) is 6.29 Å². The smallest absolute Gasteiger partial charge is 0.159 e. The van der Waals surface area contributed by atoms with Crippen molar-refractivity contribution in [1.82, 2.24) is 5.32 Å². The molecule has 4 heteroatoms. The second-order valence-electron chi connectivity index (χ2n) is 3.74. The Morgan fingerprint density at radius 2 is 2.27 bits per heavy atom. The van der Waals surface area contributed by atoms with Gasteiger partial charge in [-0.25, -0.2) is 0 Å². The number of nitrogens with one attached hydrogen (secondary N) is 1. The lowest BCUT2D eigenvalue weighted by Gasteiger charge is -2.18. The van der Waals surface area contributed by atoms with E-state index in [0.29, 0.717) is 6.04 Å². The molecule has 1 N–H and O–H groups in total. The van der Waals surface area contributed by atoms with Gasteiger partial charge in [-0.1, -0.05) is 0 Å². The Bertz CT molecular complexity index is 307. The van der Waals surface area contributed by atoms with Gasteiger partial charge in [0.15, 0.2) is 6.29 Å². The Balaban J connectivity index is 1.97. The molecular weight excluding hydrogens is 210 g/mol. The Morgan fingerprint density at radius 1 is 1.53 bits per heavy atom. The number of hydrogen-bond donors (Lipinski definition) is 1. The van der Waals surface area contributed by atoms with Crippen molar-refractivity contribution in [3.63, 3.8) is 0 Å². The van der Waals surface area contributed by atoms with Crippen LogP contribution in [0.3, 0.4) is 0 Å². The van der Waals surface area contributed by atoms with E-state index in [2.05, 4.69) is 23.7 Å². The summed E-state index contributed by atoms with van der Waals surface area (Å²) in [7, 11) is 1.98. The zero-order chi connectivity index (χ0) is 10.7. The molecule has 0 radical (unpaired) electrons. The van der Waals surface area contributed by atoms with Crippen LogP contribution in [-0.2, 0) is 9.47 Å². The minimum Gasteiger partial charge on any atom is -0.350 e. The zero-order valence-corrected chi connectivity index (χ0v) is 9.97. The predicted octanol–water partition coefficient (Wildman–Crippen LogP) is 2.08. The van der Waals surface area contributed by atoms with E-state index in [1.807, 2.05) is 7.05 Å². The third kappa shape index (κ3) is 2.78. The number of hydrogen-bond acceptors (Lipinski definition) is 4. The van der Waals surface area contributed by atoms with Crippen LogP contribution in [0.4, 0.5) is 0 Å². The Kier molecular flexibility index (Phi) is 3.75. The molecule has 1 aliphatic heterocycles. The second-order valence-corrected chi connectivity index (χ2v) is 4.85. The first-order chi connectivity index (χ1) is 7.29. The number of ether oxygens (including phenoxy) is 2. The van der Waals surface area contributed by atoms with E-state index in [9.17, 15) is 0 Å². The fourth-order valence-electron chi connectivity index (χ4n) is 1.80. The standard InChI is InChI=1S/C11H17NO2S/c1-8-5-9(7-15-8)10(12-2)6-11-13-3-4-14-11/h5,7,10-12H,3-4,6H2,1-2H3. The van der Waals surface area contributed by atoms with Gasteiger partial charge in [-0.15, -0.1) is 11.3 Å². The molecule has 3 nitrogen and oxygen atoms in total. The first-order valence-electron chi connectivity index (χ1n) is 5.25.